The molecule has 0 bridgehead atoms. The number of hydrogen-bond donors (Lipinski definition) is 3. The van der Waals surface area contributed by atoms with E-state index in [-0.39, 0.29) is 12.0 Å². The first kappa shape index (κ1) is 15.6. The molecule has 0 heterocycles. The number of benzene rings is 1. The van der Waals surface area contributed by atoms with Crippen molar-refractivity contribution < 1.29 is 28.2 Å². The molecule has 1 aromatic rings. The highest BCUT2D eigenvalue weighted by Crippen LogP contribution is 2.48. The summed E-state index contributed by atoms with van der Waals surface area (Å²) in [6.07, 6.45) is -2.16. The van der Waals surface area contributed by atoms with Crippen molar-refractivity contribution in [2.24, 2.45) is 5.41 Å². The van der Waals surface area contributed by atoms with Gasteiger partial charge in [0, 0.05) is 18.8 Å². The van der Waals surface area contributed by atoms with Crippen LogP contribution in [0.25, 0.3) is 0 Å². The van der Waals surface area contributed by atoms with Gasteiger partial charge in [0.15, 0.2) is 0 Å². The molecule has 0 aliphatic heterocycles. The van der Waals surface area contributed by atoms with Crippen LogP contribution in [0, 0.1) is 5.41 Å². The molecule has 0 aromatic heterocycles. The molecule has 0 atom stereocenters. The summed E-state index contributed by atoms with van der Waals surface area (Å²) in [5, 5.41) is 20.8. The third-order valence-electron chi connectivity index (χ3n) is 3.82. The lowest BCUT2D eigenvalue weighted by molar-refractivity contribution is -0.138. The number of rotatable bonds is 6. The number of carbonyl (C=O) groups is 1. The van der Waals surface area contributed by atoms with Gasteiger partial charge in [-0.15, -0.1) is 0 Å². The maximum Gasteiger partial charge on any atom is 0.417 e. The van der Waals surface area contributed by atoms with E-state index in [1.54, 1.807) is 0 Å². The van der Waals surface area contributed by atoms with Gasteiger partial charge in [0.2, 0.25) is 0 Å². The summed E-state index contributed by atoms with van der Waals surface area (Å²) in [4.78, 5) is 11.0. The van der Waals surface area contributed by atoms with Gasteiger partial charge >= 0.3 is 12.1 Å². The fourth-order valence-corrected chi connectivity index (χ4v) is 2.30. The fraction of sp³-hybridized carbons (Fsp3) is 0.500. The monoisotopic (exact) mass is 303 g/mol. The standard InChI is InChI=1S/C14H16F3NO3/c15-14(16,17)11-2-1-9(7-10(11)12(20)21)18-8-13(3-4-13)5-6-19/h1-2,7,18-19H,3-6,8H2,(H,20,21). The molecule has 0 radical (unpaired) electrons. The first-order chi connectivity index (χ1) is 9.77. The number of nitrogens with one attached hydrogen (secondary N) is 1. The van der Waals surface area contributed by atoms with E-state index < -0.39 is 23.3 Å². The van der Waals surface area contributed by atoms with Crippen LogP contribution in [0.15, 0.2) is 18.2 Å². The smallest absolute Gasteiger partial charge is 0.417 e. The van der Waals surface area contributed by atoms with Crippen LogP contribution in [0.4, 0.5) is 18.9 Å². The largest absolute Gasteiger partial charge is 0.478 e. The maximum atomic E-state index is 12.7. The van der Waals surface area contributed by atoms with Gasteiger partial charge in [-0.1, -0.05) is 0 Å². The Morgan fingerprint density at radius 3 is 2.48 bits per heavy atom. The fourth-order valence-electron chi connectivity index (χ4n) is 2.30. The molecule has 1 aliphatic rings. The highest BCUT2D eigenvalue weighted by molar-refractivity contribution is 5.91. The summed E-state index contributed by atoms with van der Waals surface area (Å²) in [5.74, 6) is -1.61. The zero-order valence-corrected chi connectivity index (χ0v) is 11.2. The predicted octanol–water partition coefficient (Wildman–Crippen LogP) is 2.98. The Morgan fingerprint density at radius 1 is 1.33 bits per heavy atom. The van der Waals surface area contributed by atoms with Crippen molar-refractivity contribution in [2.75, 3.05) is 18.5 Å². The molecule has 2 rings (SSSR count). The van der Waals surface area contributed by atoms with E-state index in [9.17, 15) is 18.0 Å². The first-order valence-electron chi connectivity index (χ1n) is 6.57. The van der Waals surface area contributed by atoms with Crippen molar-refractivity contribution in [3.05, 3.63) is 29.3 Å². The summed E-state index contributed by atoms with van der Waals surface area (Å²) in [5.41, 5.74) is -1.60. The van der Waals surface area contributed by atoms with E-state index in [4.69, 9.17) is 10.2 Å². The lowest BCUT2D eigenvalue weighted by Gasteiger charge is -2.17. The zero-order chi connectivity index (χ0) is 15.7. The van der Waals surface area contributed by atoms with E-state index in [0.29, 0.717) is 18.7 Å². The van der Waals surface area contributed by atoms with Gasteiger partial charge in [-0.2, -0.15) is 13.2 Å². The van der Waals surface area contributed by atoms with Crippen molar-refractivity contribution in [3.8, 4) is 0 Å². The second-order valence-electron chi connectivity index (χ2n) is 5.39. The second-order valence-corrected chi connectivity index (χ2v) is 5.39. The zero-order valence-electron chi connectivity index (χ0n) is 11.2. The number of halogens is 3. The number of aliphatic hydroxyl groups is 1. The van der Waals surface area contributed by atoms with Gasteiger partial charge in [-0.05, 0) is 42.9 Å². The lowest BCUT2D eigenvalue weighted by Crippen LogP contribution is -2.18. The molecule has 1 saturated carbocycles. The van der Waals surface area contributed by atoms with E-state index >= 15 is 0 Å². The Bertz CT molecular complexity index is 539. The molecule has 0 spiro atoms. The number of aromatic carboxylic acids is 1. The number of carboxylic acid groups (broad SMARTS) is 1. The number of aliphatic hydroxyl groups excluding tert-OH is 1. The number of hydrogen-bond acceptors (Lipinski definition) is 3. The van der Waals surface area contributed by atoms with Crippen molar-refractivity contribution in [1.29, 1.82) is 0 Å². The van der Waals surface area contributed by atoms with Gasteiger partial charge in [0.05, 0.1) is 11.1 Å². The molecule has 1 aromatic carbocycles. The topological polar surface area (TPSA) is 69.6 Å². The summed E-state index contributed by atoms with van der Waals surface area (Å²) in [7, 11) is 0. The van der Waals surface area contributed by atoms with E-state index in [1.165, 1.54) is 6.07 Å². The van der Waals surface area contributed by atoms with Gasteiger partial charge < -0.3 is 15.5 Å². The maximum absolute atomic E-state index is 12.7. The Labute approximate surface area is 119 Å². The molecule has 3 N–H and O–H groups in total. The lowest BCUT2D eigenvalue weighted by atomic mass is 10.0. The molecule has 1 aliphatic carbocycles. The predicted molar refractivity (Wildman–Crippen MR) is 70.3 cm³/mol. The molecule has 0 amide bonds. The first-order valence-corrected chi connectivity index (χ1v) is 6.57. The van der Waals surface area contributed by atoms with Crippen molar-refractivity contribution >= 4 is 11.7 Å². The molecule has 0 unspecified atom stereocenters. The second kappa shape index (κ2) is 5.55. The van der Waals surface area contributed by atoms with Crippen LogP contribution in [-0.4, -0.2) is 29.3 Å². The quantitative estimate of drug-likeness (QED) is 0.755. The van der Waals surface area contributed by atoms with Crippen molar-refractivity contribution in [1.82, 2.24) is 0 Å². The summed E-state index contributed by atoms with van der Waals surface area (Å²) < 4.78 is 38.1. The minimum Gasteiger partial charge on any atom is -0.478 e. The van der Waals surface area contributed by atoms with Crippen molar-refractivity contribution in [2.45, 2.75) is 25.4 Å². The Balaban J connectivity index is 2.15. The van der Waals surface area contributed by atoms with E-state index in [0.717, 1.165) is 25.0 Å². The highest BCUT2D eigenvalue weighted by Gasteiger charge is 2.41. The van der Waals surface area contributed by atoms with Crippen LogP contribution in [0.1, 0.15) is 35.2 Å². The van der Waals surface area contributed by atoms with Crippen LogP contribution in [-0.2, 0) is 6.18 Å². The molecule has 4 nitrogen and oxygen atoms in total. The van der Waals surface area contributed by atoms with Gasteiger partial charge in [-0.25, -0.2) is 4.79 Å². The minimum atomic E-state index is -4.69. The van der Waals surface area contributed by atoms with E-state index in [2.05, 4.69) is 5.32 Å². The van der Waals surface area contributed by atoms with Crippen molar-refractivity contribution in [3.63, 3.8) is 0 Å². The number of carboxylic acids is 1. The Morgan fingerprint density at radius 2 is 2.00 bits per heavy atom. The number of alkyl halides is 3. The van der Waals surface area contributed by atoms with Crippen LogP contribution in [0.3, 0.4) is 0 Å². The van der Waals surface area contributed by atoms with Gasteiger partial charge in [-0.3, -0.25) is 0 Å². The summed E-state index contributed by atoms with van der Waals surface area (Å²) in [6.45, 7) is 0.576. The molecule has 116 valence electrons. The molecule has 7 heteroatoms. The average molecular weight is 303 g/mol. The van der Waals surface area contributed by atoms with Crippen LogP contribution >= 0.6 is 0 Å². The average Bonchev–Trinajstić information content (AvgIpc) is 3.15. The third kappa shape index (κ3) is 3.66. The van der Waals surface area contributed by atoms with Crippen LogP contribution in [0.5, 0.6) is 0 Å². The molecular formula is C14H16F3NO3. The van der Waals surface area contributed by atoms with Gasteiger partial charge in [0.1, 0.15) is 0 Å². The highest BCUT2D eigenvalue weighted by atomic mass is 19.4. The number of anilines is 1. The van der Waals surface area contributed by atoms with E-state index in [1.807, 2.05) is 0 Å². The van der Waals surface area contributed by atoms with Gasteiger partial charge in [0.25, 0.3) is 0 Å². The molecule has 1 fully saturated rings. The minimum absolute atomic E-state index is 0.0131. The summed E-state index contributed by atoms with van der Waals surface area (Å²) >= 11 is 0. The Kier molecular flexibility index (Phi) is 4.13. The SMILES string of the molecule is O=C(O)c1cc(NCC2(CCO)CC2)ccc1C(F)(F)F. The third-order valence-corrected chi connectivity index (χ3v) is 3.82. The van der Waals surface area contributed by atoms with Crippen LogP contribution in [0.2, 0.25) is 0 Å². The molecular weight excluding hydrogens is 287 g/mol. The normalized spacial score (nSPS) is 16.6. The van der Waals surface area contributed by atoms with Crippen LogP contribution < -0.4 is 5.32 Å². The summed E-state index contributed by atoms with van der Waals surface area (Å²) in [6, 6.07) is 3.00. The molecule has 21 heavy (non-hydrogen) atoms. The molecule has 0 saturated heterocycles. The Hall–Kier alpha value is -1.76.